The van der Waals surface area contributed by atoms with Crippen LogP contribution in [0.3, 0.4) is 0 Å². The van der Waals surface area contributed by atoms with Gasteiger partial charge in [0.1, 0.15) is 11.6 Å². The van der Waals surface area contributed by atoms with Gasteiger partial charge in [0.05, 0.1) is 12.2 Å². The van der Waals surface area contributed by atoms with E-state index in [0.717, 1.165) is 41.9 Å². The maximum Gasteiger partial charge on any atom is 0.346 e. The lowest BCUT2D eigenvalue weighted by Crippen LogP contribution is -2.25. The number of anilines is 1. The first kappa shape index (κ1) is 26.1. The maximum atomic E-state index is 13.0. The van der Waals surface area contributed by atoms with Gasteiger partial charge in [-0.25, -0.2) is 14.5 Å². The molecule has 0 atom stereocenters. The topological polar surface area (TPSA) is 81.8 Å². The van der Waals surface area contributed by atoms with Crippen LogP contribution in [0, 0.1) is 0 Å². The van der Waals surface area contributed by atoms with Gasteiger partial charge in [-0.3, -0.25) is 9.36 Å². The molecule has 37 heavy (non-hydrogen) atoms. The summed E-state index contributed by atoms with van der Waals surface area (Å²) in [5.74, 6) is 1.36. The molecule has 1 amide bonds. The fraction of sp³-hybridized carbons (Fsp3) is 0.333. The van der Waals surface area contributed by atoms with Crippen LogP contribution in [0.4, 0.5) is 5.82 Å². The van der Waals surface area contributed by atoms with Crippen LogP contribution in [0.15, 0.2) is 71.5 Å². The number of pyridine rings is 1. The Morgan fingerprint density at radius 3 is 2.27 bits per heavy atom. The van der Waals surface area contributed by atoms with Gasteiger partial charge in [-0.1, -0.05) is 75.4 Å². The number of benzene rings is 2. The number of nitrogens with one attached hydrogen (secondary N) is 1. The zero-order chi connectivity index (χ0) is 26.4. The molecule has 0 saturated heterocycles. The molecule has 0 saturated carbocycles. The van der Waals surface area contributed by atoms with Crippen LogP contribution in [0.25, 0.3) is 11.3 Å². The molecule has 0 spiro atoms. The summed E-state index contributed by atoms with van der Waals surface area (Å²) in [6, 6.07) is 22.3. The molecular weight excluding hydrogens is 462 g/mol. The number of carbonyl (C=O) groups excluding carboxylic acids is 1. The van der Waals surface area contributed by atoms with E-state index in [4.69, 9.17) is 0 Å². The lowest BCUT2D eigenvalue weighted by Gasteiger charge is -2.19. The fourth-order valence-electron chi connectivity index (χ4n) is 4.40. The molecule has 0 aliphatic rings. The minimum atomic E-state index is -0.0550. The number of amides is 1. The summed E-state index contributed by atoms with van der Waals surface area (Å²) in [5, 5.41) is 7.27. The molecule has 4 rings (SSSR count). The molecule has 0 aliphatic carbocycles. The molecule has 0 bridgehead atoms. The van der Waals surface area contributed by atoms with Crippen molar-refractivity contribution in [3.63, 3.8) is 0 Å². The first-order chi connectivity index (χ1) is 17.8. The summed E-state index contributed by atoms with van der Waals surface area (Å²) in [6.45, 7) is 9.66. The van der Waals surface area contributed by atoms with Crippen LogP contribution in [-0.4, -0.2) is 25.7 Å². The number of hydrogen-bond acceptors (Lipinski definition) is 4. The van der Waals surface area contributed by atoms with Crippen molar-refractivity contribution in [2.75, 3.05) is 5.32 Å². The Kier molecular flexibility index (Phi) is 8.01. The van der Waals surface area contributed by atoms with E-state index in [0.29, 0.717) is 25.3 Å². The minimum Gasteiger partial charge on any atom is -0.313 e. The lowest BCUT2D eigenvalue weighted by atomic mass is 9.87. The van der Waals surface area contributed by atoms with Crippen LogP contribution in [-0.2, 0) is 36.1 Å². The summed E-state index contributed by atoms with van der Waals surface area (Å²) in [7, 11) is 0. The molecule has 1 N–H and O–H groups in total. The van der Waals surface area contributed by atoms with E-state index in [1.165, 1.54) is 11.1 Å². The van der Waals surface area contributed by atoms with Gasteiger partial charge in [0.2, 0.25) is 6.41 Å². The first-order valence-electron chi connectivity index (χ1n) is 12.8. The van der Waals surface area contributed by atoms with Gasteiger partial charge in [0.25, 0.3) is 0 Å². The van der Waals surface area contributed by atoms with Crippen LogP contribution in [0.2, 0.25) is 0 Å². The Balaban J connectivity index is 1.39. The average Bonchev–Trinajstić information content (AvgIpc) is 3.18. The van der Waals surface area contributed by atoms with Gasteiger partial charge in [-0.05, 0) is 54.0 Å². The van der Waals surface area contributed by atoms with E-state index in [1.807, 2.05) is 31.2 Å². The van der Waals surface area contributed by atoms with Crippen molar-refractivity contribution in [2.45, 2.75) is 65.5 Å². The summed E-state index contributed by atoms with van der Waals surface area (Å²) < 4.78 is 3.36. The van der Waals surface area contributed by atoms with E-state index in [9.17, 15) is 9.59 Å². The molecule has 0 radical (unpaired) electrons. The predicted molar refractivity (Wildman–Crippen MR) is 148 cm³/mol. The summed E-state index contributed by atoms with van der Waals surface area (Å²) in [4.78, 5) is 28.1. The third-order valence-corrected chi connectivity index (χ3v) is 6.54. The SMILES string of the molecule is CCn1c(CCCc2ccc(-c3cccc(NC=O)n3)cc2)nn(Cc2ccc(C(C)(C)C)cc2)c1=O. The average molecular weight is 498 g/mol. The Labute approximate surface area is 218 Å². The molecular formula is C30H35N5O2. The molecule has 4 aromatic rings. The van der Waals surface area contributed by atoms with Crippen LogP contribution in [0.5, 0.6) is 0 Å². The molecule has 192 valence electrons. The summed E-state index contributed by atoms with van der Waals surface area (Å²) in [5.41, 5.74) is 5.41. The highest BCUT2D eigenvalue weighted by Crippen LogP contribution is 2.22. The van der Waals surface area contributed by atoms with Crippen molar-refractivity contribution in [2.24, 2.45) is 0 Å². The van der Waals surface area contributed by atoms with Crippen LogP contribution >= 0.6 is 0 Å². The zero-order valence-corrected chi connectivity index (χ0v) is 22.1. The van der Waals surface area contributed by atoms with Crippen molar-refractivity contribution < 1.29 is 4.79 Å². The van der Waals surface area contributed by atoms with Gasteiger partial charge in [-0.2, -0.15) is 5.10 Å². The van der Waals surface area contributed by atoms with Crippen molar-refractivity contribution >= 4 is 12.2 Å². The monoisotopic (exact) mass is 497 g/mol. The van der Waals surface area contributed by atoms with Crippen molar-refractivity contribution in [1.29, 1.82) is 0 Å². The van der Waals surface area contributed by atoms with Gasteiger partial charge < -0.3 is 5.32 Å². The second-order valence-corrected chi connectivity index (χ2v) is 10.3. The highest BCUT2D eigenvalue weighted by atomic mass is 16.2. The molecule has 7 heteroatoms. The highest BCUT2D eigenvalue weighted by Gasteiger charge is 2.15. The van der Waals surface area contributed by atoms with Crippen LogP contribution < -0.4 is 11.0 Å². The van der Waals surface area contributed by atoms with Crippen molar-refractivity contribution in [3.05, 3.63) is 99.7 Å². The Morgan fingerprint density at radius 1 is 0.919 bits per heavy atom. The molecule has 7 nitrogen and oxygen atoms in total. The van der Waals surface area contributed by atoms with Gasteiger partial charge in [0.15, 0.2) is 0 Å². The first-order valence-corrected chi connectivity index (χ1v) is 12.8. The van der Waals surface area contributed by atoms with Crippen molar-refractivity contribution in [1.82, 2.24) is 19.3 Å². The van der Waals surface area contributed by atoms with E-state index < -0.39 is 0 Å². The largest absolute Gasteiger partial charge is 0.346 e. The third-order valence-electron chi connectivity index (χ3n) is 6.54. The standard InChI is InChI=1S/C30H35N5O2/c1-5-34-28(33-35(29(34)37)20-23-14-18-25(19-15-23)30(2,3)4)11-6-8-22-12-16-24(17-13-22)26-9-7-10-27(32-26)31-21-36/h7,9-10,12-19,21H,5-6,8,11,20H2,1-4H3,(H,31,32,36). The quantitative estimate of drug-likeness (QED) is 0.305. The second-order valence-electron chi connectivity index (χ2n) is 10.3. The smallest absolute Gasteiger partial charge is 0.313 e. The summed E-state index contributed by atoms with van der Waals surface area (Å²) in [6.07, 6.45) is 3.15. The molecule has 2 heterocycles. The molecule has 2 aromatic carbocycles. The van der Waals surface area contributed by atoms with E-state index >= 15 is 0 Å². The van der Waals surface area contributed by atoms with E-state index in [1.54, 1.807) is 15.3 Å². The van der Waals surface area contributed by atoms with E-state index in [2.05, 4.69) is 72.6 Å². The number of rotatable bonds is 10. The number of nitrogens with zero attached hydrogens (tertiary/aromatic N) is 4. The number of hydrogen-bond donors (Lipinski definition) is 1. The highest BCUT2D eigenvalue weighted by molar-refractivity contribution is 5.70. The van der Waals surface area contributed by atoms with Gasteiger partial charge >= 0.3 is 5.69 Å². The Hall–Kier alpha value is -4.00. The molecule has 2 aromatic heterocycles. The molecule has 0 aliphatic heterocycles. The Bertz CT molecular complexity index is 1390. The van der Waals surface area contributed by atoms with Gasteiger partial charge in [0, 0.05) is 18.5 Å². The Morgan fingerprint density at radius 2 is 1.62 bits per heavy atom. The lowest BCUT2D eigenvalue weighted by molar-refractivity contribution is -0.105. The number of carbonyl (C=O) groups is 1. The minimum absolute atomic E-state index is 0.0550. The molecule has 0 unspecified atom stereocenters. The normalized spacial score (nSPS) is 11.5. The van der Waals surface area contributed by atoms with Gasteiger partial charge in [-0.15, -0.1) is 0 Å². The van der Waals surface area contributed by atoms with Crippen molar-refractivity contribution in [3.8, 4) is 11.3 Å². The number of aryl methyl sites for hydroxylation is 2. The number of aromatic nitrogens is 4. The second kappa shape index (κ2) is 11.4. The predicted octanol–water partition coefficient (Wildman–Crippen LogP) is 5.22. The fourth-order valence-corrected chi connectivity index (χ4v) is 4.40. The maximum absolute atomic E-state index is 13.0. The van der Waals surface area contributed by atoms with Crippen LogP contribution in [0.1, 0.15) is 56.6 Å². The third kappa shape index (κ3) is 6.42. The van der Waals surface area contributed by atoms with E-state index in [-0.39, 0.29) is 11.1 Å². The zero-order valence-electron chi connectivity index (χ0n) is 22.1. The summed E-state index contributed by atoms with van der Waals surface area (Å²) >= 11 is 0. The molecule has 0 fully saturated rings.